The second-order valence-corrected chi connectivity index (χ2v) is 6.78. The summed E-state index contributed by atoms with van der Waals surface area (Å²) in [5.41, 5.74) is 2.51. The van der Waals surface area contributed by atoms with Crippen molar-refractivity contribution in [2.45, 2.75) is 0 Å². The van der Waals surface area contributed by atoms with Crippen LogP contribution in [0.4, 0.5) is 10.5 Å². The van der Waals surface area contributed by atoms with Gasteiger partial charge in [-0.1, -0.05) is 28.1 Å². The molecule has 3 rings (SSSR count). The molecule has 0 aliphatic rings. The molecule has 1 amide bonds. The van der Waals surface area contributed by atoms with E-state index >= 15 is 0 Å². The van der Waals surface area contributed by atoms with Gasteiger partial charge in [-0.2, -0.15) is 5.10 Å². The molecule has 0 unspecified atom stereocenters. The third kappa shape index (κ3) is 3.85. The Balaban J connectivity index is 1.75. The molecule has 5 nitrogen and oxygen atoms in total. The largest absolute Gasteiger partial charge is 0.417 e. The topological polar surface area (TPSA) is 56.2 Å². The molecule has 1 N–H and O–H groups in total. The lowest BCUT2D eigenvalue weighted by atomic mass is 10.1. The van der Waals surface area contributed by atoms with Gasteiger partial charge in [-0.05, 0) is 52.3 Å². The lowest BCUT2D eigenvalue weighted by Crippen LogP contribution is -2.16. The van der Waals surface area contributed by atoms with Gasteiger partial charge in [0.05, 0.1) is 16.4 Å². The Morgan fingerprint density at radius 2 is 1.92 bits per heavy atom. The minimum atomic E-state index is -0.543. The SMILES string of the molecule is Cn1ncc(Br)c1-c1cccc(NC(=O)Oc2ccc(Br)cc2)c1. The van der Waals surface area contributed by atoms with Gasteiger partial charge in [-0.15, -0.1) is 0 Å². The molecule has 0 bridgehead atoms. The van der Waals surface area contributed by atoms with Crippen LogP contribution in [0.15, 0.2) is 63.7 Å². The van der Waals surface area contributed by atoms with E-state index in [9.17, 15) is 4.79 Å². The molecule has 24 heavy (non-hydrogen) atoms. The maximum Gasteiger partial charge on any atom is 0.417 e. The molecule has 0 atom stereocenters. The number of anilines is 1. The summed E-state index contributed by atoms with van der Waals surface area (Å²) < 4.78 is 8.83. The molecule has 0 aliphatic heterocycles. The van der Waals surface area contributed by atoms with E-state index in [1.54, 1.807) is 29.1 Å². The molecule has 3 aromatic rings. The number of aryl methyl sites for hydroxylation is 1. The standard InChI is InChI=1S/C17H13Br2N3O2/c1-22-16(15(19)10-20-22)11-3-2-4-13(9-11)21-17(23)24-14-7-5-12(18)6-8-14/h2-10H,1H3,(H,21,23). The van der Waals surface area contributed by atoms with Gasteiger partial charge in [0.15, 0.2) is 0 Å². The molecule has 1 heterocycles. The minimum Gasteiger partial charge on any atom is -0.410 e. The highest BCUT2D eigenvalue weighted by Crippen LogP contribution is 2.29. The normalized spacial score (nSPS) is 10.5. The lowest BCUT2D eigenvalue weighted by molar-refractivity contribution is 0.215. The summed E-state index contributed by atoms with van der Waals surface area (Å²) in [4.78, 5) is 12.0. The molecule has 0 saturated carbocycles. The number of aromatic nitrogens is 2. The first kappa shape index (κ1) is 16.7. The van der Waals surface area contributed by atoms with E-state index in [0.717, 1.165) is 20.2 Å². The Labute approximate surface area is 155 Å². The maximum atomic E-state index is 12.0. The molecule has 0 saturated heterocycles. The van der Waals surface area contributed by atoms with Gasteiger partial charge in [0, 0.05) is 22.8 Å². The number of halogens is 2. The third-order valence-electron chi connectivity index (χ3n) is 3.30. The van der Waals surface area contributed by atoms with Gasteiger partial charge in [0.1, 0.15) is 5.75 Å². The van der Waals surface area contributed by atoms with Crippen molar-refractivity contribution in [3.05, 3.63) is 63.7 Å². The monoisotopic (exact) mass is 449 g/mol. The lowest BCUT2D eigenvalue weighted by Gasteiger charge is -2.09. The van der Waals surface area contributed by atoms with Crippen LogP contribution in [0.1, 0.15) is 0 Å². The van der Waals surface area contributed by atoms with Crippen molar-refractivity contribution in [3.8, 4) is 17.0 Å². The van der Waals surface area contributed by atoms with Crippen molar-refractivity contribution in [3.63, 3.8) is 0 Å². The molecule has 0 fully saturated rings. The molecule has 122 valence electrons. The number of nitrogens with one attached hydrogen (secondary N) is 1. The first-order valence-electron chi connectivity index (χ1n) is 7.05. The zero-order chi connectivity index (χ0) is 17.1. The Morgan fingerprint density at radius 3 is 2.58 bits per heavy atom. The van der Waals surface area contributed by atoms with Gasteiger partial charge in [-0.3, -0.25) is 10.00 Å². The van der Waals surface area contributed by atoms with Gasteiger partial charge >= 0.3 is 6.09 Å². The van der Waals surface area contributed by atoms with Crippen LogP contribution in [0.3, 0.4) is 0 Å². The predicted octanol–water partition coefficient (Wildman–Crippen LogP) is 5.22. The van der Waals surface area contributed by atoms with Gasteiger partial charge in [0.2, 0.25) is 0 Å². The van der Waals surface area contributed by atoms with E-state index in [0.29, 0.717) is 11.4 Å². The Morgan fingerprint density at radius 1 is 1.17 bits per heavy atom. The van der Waals surface area contributed by atoms with Crippen molar-refractivity contribution in [2.75, 3.05) is 5.32 Å². The summed E-state index contributed by atoms with van der Waals surface area (Å²) in [5, 5.41) is 6.93. The van der Waals surface area contributed by atoms with E-state index in [4.69, 9.17) is 4.74 Å². The third-order valence-corrected chi connectivity index (χ3v) is 4.41. The second-order valence-electron chi connectivity index (χ2n) is 5.01. The van der Waals surface area contributed by atoms with Crippen LogP contribution in [0, 0.1) is 0 Å². The average molecular weight is 451 g/mol. The van der Waals surface area contributed by atoms with E-state index in [1.807, 2.05) is 37.4 Å². The first-order chi connectivity index (χ1) is 11.5. The zero-order valence-electron chi connectivity index (χ0n) is 12.7. The fraction of sp³-hybridized carbons (Fsp3) is 0.0588. The van der Waals surface area contributed by atoms with Crippen LogP contribution in [0.2, 0.25) is 0 Å². The van der Waals surface area contributed by atoms with Crippen molar-refractivity contribution in [1.29, 1.82) is 0 Å². The van der Waals surface area contributed by atoms with Crippen LogP contribution < -0.4 is 10.1 Å². The summed E-state index contributed by atoms with van der Waals surface area (Å²) in [6.07, 6.45) is 1.19. The van der Waals surface area contributed by atoms with Crippen molar-refractivity contribution < 1.29 is 9.53 Å². The van der Waals surface area contributed by atoms with Crippen molar-refractivity contribution in [2.24, 2.45) is 7.05 Å². The van der Waals surface area contributed by atoms with Gasteiger partial charge in [0.25, 0.3) is 0 Å². The fourth-order valence-corrected chi connectivity index (χ4v) is 3.07. The van der Waals surface area contributed by atoms with Crippen LogP contribution >= 0.6 is 31.9 Å². The highest BCUT2D eigenvalue weighted by molar-refractivity contribution is 9.10. The highest BCUT2D eigenvalue weighted by atomic mass is 79.9. The van der Waals surface area contributed by atoms with Crippen LogP contribution in [0.5, 0.6) is 5.75 Å². The smallest absolute Gasteiger partial charge is 0.410 e. The van der Waals surface area contributed by atoms with E-state index in [1.165, 1.54) is 0 Å². The van der Waals surface area contributed by atoms with E-state index in [2.05, 4.69) is 42.3 Å². The summed E-state index contributed by atoms with van der Waals surface area (Å²) in [7, 11) is 1.86. The van der Waals surface area contributed by atoms with E-state index < -0.39 is 6.09 Å². The van der Waals surface area contributed by atoms with Gasteiger partial charge in [-0.25, -0.2) is 4.79 Å². The molecule has 0 spiro atoms. The number of carbonyl (C=O) groups is 1. The molecule has 1 aromatic heterocycles. The number of hydrogen-bond donors (Lipinski definition) is 1. The minimum absolute atomic E-state index is 0.473. The summed E-state index contributed by atoms with van der Waals surface area (Å²) in [6, 6.07) is 14.5. The molecule has 0 radical (unpaired) electrons. The van der Waals surface area contributed by atoms with E-state index in [-0.39, 0.29) is 0 Å². The molecule has 2 aromatic carbocycles. The molecular weight excluding hydrogens is 438 g/mol. The fourth-order valence-electron chi connectivity index (χ4n) is 2.23. The Kier molecular flexibility index (Phi) is 5.01. The zero-order valence-corrected chi connectivity index (χ0v) is 15.8. The van der Waals surface area contributed by atoms with Crippen LogP contribution in [-0.2, 0) is 7.05 Å². The molecule has 7 heteroatoms. The van der Waals surface area contributed by atoms with Gasteiger partial charge < -0.3 is 4.74 Å². The summed E-state index contributed by atoms with van der Waals surface area (Å²) in [6.45, 7) is 0. The van der Waals surface area contributed by atoms with Crippen LogP contribution in [-0.4, -0.2) is 15.9 Å². The number of rotatable bonds is 3. The Bertz CT molecular complexity index is 856. The van der Waals surface area contributed by atoms with Crippen LogP contribution in [0.25, 0.3) is 11.3 Å². The second kappa shape index (κ2) is 7.19. The number of carbonyl (C=O) groups excluding carboxylic acids is 1. The number of benzene rings is 2. The predicted molar refractivity (Wildman–Crippen MR) is 100 cm³/mol. The number of amides is 1. The number of nitrogens with zero attached hydrogens (tertiary/aromatic N) is 2. The molecular formula is C17H13Br2N3O2. The number of hydrogen-bond acceptors (Lipinski definition) is 3. The van der Waals surface area contributed by atoms with Crippen molar-refractivity contribution >= 4 is 43.6 Å². The first-order valence-corrected chi connectivity index (χ1v) is 8.64. The summed E-state index contributed by atoms with van der Waals surface area (Å²) >= 11 is 6.82. The average Bonchev–Trinajstić information content (AvgIpc) is 2.89. The molecule has 0 aliphatic carbocycles. The van der Waals surface area contributed by atoms with Crippen molar-refractivity contribution in [1.82, 2.24) is 9.78 Å². The Hall–Kier alpha value is -2.12. The quantitative estimate of drug-likeness (QED) is 0.594. The highest BCUT2D eigenvalue weighted by Gasteiger charge is 2.11. The maximum absolute atomic E-state index is 12.0. The summed E-state index contributed by atoms with van der Waals surface area (Å²) in [5.74, 6) is 0.473. The number of ether oxygens (including phenoxy) is 1.